The van der Waals surface area contributed by atoms with Gasteiger partial charge in [0.25, 0.3) is 0 Å². The Kier molecular flexibility index (Phi) is 9.68. The van der Waals surface area contributed by atoms with E-state index in [4.69, 9.17) is 23.3 Å². The average Bonchev–Trinajstić information content (AvgIpc) is 2.69. The average molecular weight is 543 g/mol. The Morgan fingerprint density at radius 1 is 0.824 bits per heavy atom. The highest BCUT2D eigenvalue weighted by atomic mass is 32.3. The lowest BCUT2D eigenvalue weighted by atomic mass is 9.95. The van der Waals surface area contributed by atoms with Gasteiger partial charge in [-0.25, -0.2) is 8.37 Å². The van der Waals surface area contributed by atoms with Crippen molar-refractivity contribution in [3.05, 3.63) is 0 Å². The number of aliphatic hydroxyl groups excluding tert-OH is 5. The van der Waals surface area contributed by atoms with Crippen LogP contribution in [0.15, 0.2) is 0 Å². The maximum absolute atomic E-state index is 11.4. The fourth-order valence-electron chi connectivity index (χ4n) is 3.26. The van der Waals surface area contributed by atoms with Crippen LogP contribution >= 0.6 is 0 Å². The molecule has 0 unspecified atom stereocenters. The minimum absolute atomic E-state index is 0.729. The summed E-state index contributed by atoms with van der Waals surface area (Å²) < 4.78 is 84.7. The van der Waals surface area contributed by atoms with E-state index in [0.29, 0.717) is 0 Å². The van der Waals surface area contributed by atoms with Crippen LogP contribution in [0.4, 0.5) is 0 Å². The van der Waals surface area contributed by atoms with E-state index in [1.807, 2.05) is 0 Å². The van der Waals surface area contributed by atoms with Crippen LogP contribution in [0.3, 0.4) is 0 Å². The Bertz CT molecular complexity index is 911. The van der Waals surface area contributed by atoms with Gasteiger partial charge in [0, 0.05) is 6.92 Å². The summed E-state index contributed by atoms with van der Waals surface area (Å²) in [4.78, 5) is 11.4. The number of aliphatic hydroxyl groups is 5. The van der Waals surface area contributed by atoms with Crippen LogP contribution < -0.4 is 5.32 Å². The van der Waals surface area contributed by atoms with Crippen molar-refractivity contribution in [2.75, 3.05) is 13.2 Å². The third-order valence-corrected chi connectivity index (χ3v) is 5.65. The molecule has 0 aromatic carbocycles. The summed E-state index contributed by atoms with van der Waals surface area (Å²) in [6, 6.07) is -1.56. The first-order chi connectivity index (χ1) is 15.5. The Hall–Kier alpha value is -1.11. The molecule has 0 bridgehead atoms. The Labute approximate surface area is 192 Å². The quantitative estimate of drug-likeness (QED) is 0.126. The number of amides is 1. The number of hydrogen-bond acceptors (Lipinski definition) is 15. The largest absolute Gasteiger partial charge is 0.397 e. The van der Waals surface area contributed by atoms with Crippen molar-refractivity contribution in [3.63, 3.8) is 0 Å². The summed E-state index contributed by atoms with van der Waals surface area (Å²) in [5.74, 6) is -0.729. The van der Waals surface area contributed by atoms with Crippen molar-refractivity contribution in [1.82, 2.24) is 5.32 Å². The molecule has 0 aromatic rings. The molecule has 0 saturated carbocycles. The van der Waals surface area contributed by atoms with Gasteiger partial charge in [-0.3, -0.25) is 13.9 Å². The van der Waals surface area contributed by atoms with Gasteiger partial charge in [-0.05, 0) is 0 Å². The monoisotopic (exact) mass is 543 g/mol. The lowest BCUT2D eigenvalue weighted by Gasteiger charge is -2.46. The molecular formula is C14H25NO17S2. The molecule has 2 rings (SSSR count). The van der Waals surface area contributed by atoms with Crippen molar-refractivity contribution in [2.24, 2.45) is 0 Å². The molecule has 2 aliphatic rings. The molecule has 1 amide bonds. The molecule has 0 aliphatic carbocycles. The maximum Gasteiger partial charge on any atom is 0.397 e. The number of ether oxygens (including phenoxy) is 3. The lowest BCUT2D eigenvalue weighted by molar-refractivity contribution is -0.344. The summed E-state index contributed by atoms with van der Waals surface area (Å²) in [6.45, 7) is -1.06. The zero-order valence-corrected chi connectivity index (χ0v) is 18.9. The second-order valence-corrected chi connectivity index (χ2v) is 9.50. The molecule has 18 nitrogen and oxygen atoms in total. The van der Waals surface area contributed by atoms with Crippen molar-refractivity contribution in [1.29, 1.82) is 0 Å². The standard InChI is InChI=1S/C14H25NO17S2/c1-4(16)15-7-9(18)12(6(30-13(7)21)3-29-34(25,26)27)32-14-11(20)10(19)8(17)5(31-14)2-28-33(22,23)24/h5-14,17-21H,2-3H2,1H3,(H,15,16)(H,22,23,24)(H,25,26,27)/t5-,6+,7-,8+,9+,10+,11-,12-,13-,14+/m1/s1. The first-order valence-electron chi connectivity index (χ1n) is 9.37. The van der Waals surface area contributed by atoms with Gasteiger partial charge < -0.3 is 45.1 Å². The summed E-state index contributed by atoms with van der Waals surface area (Å²) in [7, 11) is -10.0. The normalized spacial score (nSPS) is 39.5. The molecule has 2 saturated heterocycles. The van der Waals surface area contributed by atoms with Gasteiger partial charge in [-0.15, -0.1) is 0 Å². The maximum atomic E-state index is 11.4. The minimum Gasteiger partial charge on any atom is -0.388 e. The van der Waals surface area contributed by atoms with Crippen molar-refractivity contribution in [3.8, 4) is 0 Å². The molecule has 0 spiro atoms. The molecule has 0 radical (unpaired) electrons. The number of carbonyl (C=O) groups is 1. The van der Waals surface area contributed by atoms with Gasteiger partial charge in [0.15, 0.2) is 12.6 Å². The second-order valence-electron chi connectivity index (χ2n) is 7.32. The third-order valence-electron chi connectivity index (χ3n) is 4.78. The Morgan fingerprint density at radius 3 is 1.85 bits per heavy atom. The highest BCUT2D eigenvalue weighted by molar-refractivity contribution is 7.81. The van der Waals surface area contributed by atoms with Crippen LogP contribution in [-0.4, -0.2) is 132 Å². The summed E-state index contributed by atoms with van der Waals surface area (Å²) in [5.41, 5.74) is 0. The third kappa shape index (κ3) is 7.96. The number of rotatable bonds is 9. The van der Waals surface area contributed by atoms with Crippen LogP contribution in [0.5, 0.6) is 0 Å². The molecule has 200 valence electrons. The molecule has 20 heteroatoms. The second kappa shape index (κ2) is 11.3. The zero-order valence-electron chi connectivity index (χ0n) is 17.2. The van der Waals surface area contributed by atoms with Crippen LogP contribution in [0.2, 0.25) is 0 Å². The number of carbonyl (C=O) groups excluding carboxylic acids is 1. The molecule has 10 atom stereocenters. The minimum atomic E-state index is -5.02. The molecule has 2 fully saturated rings. The van der Waals surface area contributed by atoms with Crippen LogP contribution in [0.1, 0.15) is 6.92 Å². The molecule has 2 aliphatic heterocycles. The van der Waals surface area contributed by atoms with E-state index >= 15 is 0 Å². The van der Waals surface area contributed by atoms with Crippen LogP contribution in [-0.2, 0) is 48.2 Å². The molecule has 2 heterocycles. The number of hydrogen-bond donors (Lipinski definition) is 8. The molecular weight excluding hydrogens is 518 g/mol. The SMILES string of the molecule is CC(=O)N[C@@H]1[C@H](O)[C@H](O[C@@H]2O[C@H](COS(=O)(=O)O)[C@H](O)[C@H](O)[C@H]2O)[C@H](COS(=O)(=O)O)O[C@H]1O. The zero-order chi connectivity index (χ0) is 26.0. The van der Waals surface area contributed by atoms with Gasteiger partial charge in [0.1, 0.15) is 48.8 Å². The van der Waals surface area contributed by atoms with E-state index in [2.05, 4.69) is 13.7 Å². The van der Waals surface area contributed by atoms with E-state index in [0.717, 1.165) is 6.92 Å². The van der Waals surface area contributed by atoms with Crippen molar-refractivity contribution < 1.29 is 78.8 Å². The van der Waals surface area contributed by atoms with Gasteiger partial charge >= 0.3 is 20.8 Å². The van der Waals surface area contributed by atoms with Crippen LogP contribution in [0.25, 0.3) is 0 Å². The molecule has 0 aromatic heterocycles. The highest BCUT2D eigenvalue weighted by Crippen LogP contribution is 2.29. The molecule has 8 N–H and O–H groups in total. The predicted octanol–water partition coefficient (Wildman–Crippen LogP) is -5.60. The van der Waals surface area contributed by atoms with Gasteiger partial charge in [-0.2, -0.15) is 16.8 Å². The summed E-state index contributed by atoms with van der Waals surface area (Å²) in [5, 5.41) is 53.1. The fraction of sp³-hybridized carbons (Fsp3) is 0.929. The van der Waals surface area contributed by atoms with Gasteiger partial charge in [-0.1, -0.05) is 0 Å². The van der Waals surface area contributed by atoms with Crippen molar-refractivity contribution >= 4 is 26.7 Å². The smallest absolute Gasteiger partial charge is 0.388 e. The number of nitrogens with one attached hydrogen (secondary N) is 1. The van der Waals surface area contributed by atoms with Gasteiger partial charge in [0.2, 0.25) is 5.91 Å². The highest BCUT2D eigenvalue weighted by Gasteiger charge is 2.51. The first kappa shape index (κ1) is 29.1. The van der Waals surface area contributed by atoms with Gasteiger partial charge in [0.05, 0.1) is 13.2 Å². The van der Waals surface area contributed by atoms with E-state index in [-0.39, 0.29) is 0 Å². The topological polar surface area (TPSA) is 285 Å². The fourth-order valence-corrected chi connectivity index (χ4v) is 3.87. The Morgan fingerprint density at radius 2 is 1.35 bits per heavy atom. The van der Waals surface area contributed by atoms with Crippen LogP contribution in [0, 0.1) is 0 Å². The van der Waals surface area contributed by atoms with E-state index < -0.39 is 101 Å². The lowest BCUT2D eigenvalue weighted by Crippen LogP contribution is -2.67. The van der Waals surface area contributed by atoms with E-state index in [1.54, 1.807) is 0 Å². The Balaban J connectivity index is 2.27. The van der Waals surface area contributed by atoms with Crippen molar-refractivity contribution in [2.45, 2.75) is 68.3 Å². The molecule has 34 heavy (non-hydrogen) atoms. The van der Waals surface area contributed by atoms with E-state index in [1.165, 1.54) is 0 Å². The predicted molar refractivity (Wildman–Crippen MR) is 101 cm³/mol. The summed E-state index contributed by atoms with van der Waals surface area (Å²) >= 11 is 0. The first-order valence-corrected chi connectivity index (χ1v) is 12.1. The van der Waals surface area contributed by atoms with E-state index in [9.17, 15) is 47.2 Å². The summed E-state index contributed by atoms with van der Waals surface area (Å²) in [6.07, 6.45) is -17.0.